The van der Waals surface area contributed by atoms with Crippen LogP contribution in [0.4, 0.5) is 0 Å². The van der Waals surface area contributed by atoms with Crippen LogP contribution in [0.5, 0.6) is 0 Å². The minimum absolute atomic E-state index is 0.303. The van der Waals surface area contributed by atoms with Crippen molar-refractivity contribution in [1.29, 1.82) is 0 Å². The second kappa shape index (κ2) is 11.2. The molecule has 0 aromatic heterocycles. The van der Waals surface area contributed by atoms with E-state index in [-0.39, 0.29) is 0 Å². The summed E-state index contributed by atoms with van der Waals surface area (Å²) in [5.74, 6) is 0. The highest BCUT2D eigenvalue weighted by Gasteiger charge is 2.42. The molecule has 0 amide bonds. The van der Waals surface area contributed by atoms with E-state index < -0.39 is 20.9 Å². The lowest BCUT2D eigenvalue weighted by atomic mass is 10.1. The topological polar surface area (TPSA) is 122 Å². The fourth-order valence-corrected chi connectivity index (χ4v) is 5.35. The van der Waals surface area contributed by atoms with Crippen molar-refractivity contribution >= 4 is 15.3 Å². The maximum absolute atomic E-state index is 12.3. The van der Waals surface area contributed by atoms with Gasteiger partial charge in [-0.2, -0.15) is 0 Å². The number of nitrogens with zero attached hydrogens (tertiary/aromatic N) is 2. The Bertz CT molecular complexity index is 432. The summed E-state index contributed by atoms with van der Waals surface area (Å²) in [7, 11) is -9.18. The van der Waals surface area contributed by atoms with Crippen LogP contribution >= 0.6 is 15.3 Å². The molecule has 0 aliphatic heterocycles. The molecule has 0 rings (SSSR count). The van der Waals surface area contributed by atoms with Crippen LogP contribution in [0.3, 0.4) is 0 Å². The first kappa shape index (κ1) is 21.6. The van der Waals surface area contributed by atoms with Crippen LogP contribution in [-0.4, -0.2) is 10.6 Å². The molecular formula is C12H26N2O6P2. The van der Waals surface area contributed by atoms with Crippen LogP contribution in [0.15, 0.2) is 9.89 Å². The Labute approximate surface area is 131 Å². The molecule has 0 aromatic carbocycles. The van der Waals surface area contributed by atoms with E-state index in [2.05, 4.69) is 16.2 Å². The van der Waals surface area contributed by atoms with E-state index in [0.29, 0.717) is 12.8 Å². The standard InChI is InChI=1S/C12H26N2O6P2/c1-3-5-6-7-8-9-10-11-12(4-2)21(17,13-15)20-22(18,19)14-16/h12H,3-11H2,1-2H3,(H,18,19). The van der Waals surface area contributed by atoms with Gasteiger partial charge in [-0.15, -0.1) is 9.81 Å². The van der Waals surface area contributed by atoms with Crippen LogP contribution in [0.1, 0.15) is 71.6 Å². The Hall–Kier alpha value is -0.420. The zero-order chi connectivity index (χ0) is 17.1. The number of rotatable bonds is 14. The fourth-order valence-electron chi connectivity index (χ4n) is 2.25. The van der Waals surface area contributed by atoms with Gasteiger partial charge in [-0.05, 0) is 12.8 Å². The van der Waals surface area contributed by atoms with Gasteiger partial charge in [0.25, 0.3) is 0 Å². The molecule has 10 heteroatoms. The smallest absolute Gasteiger partial charge is 0.304 e. The third-order valence-electron chi connectivity index (χ3n) is 3.51. The highest BCUT2D eigenvalue weighted by Crippen LogP contribution is 2.67. The number of hydrogen-bond acceptors (Lipinski definition) is 5. The third kappa shape index (κ3) is 8.28. The van der Waals surface area contributed by atoms with E-state index in [4.69, 9.17) is 4.89 Å². The SMILES string of the molecule is CCCCCCCCCC(CC)P(=O)(N=O)OP(=O)(O)N=O. The van der Waals surface area contributed by atoms with Crippen LogP contribution < -0.4 is 0 Å². The molecule has 0 spiro atoms. The third-order valence-corrected chi connectivity index (χ3v) is 7.28. The largest absolute Gasteiger partial charge is 0.494 e. The first-order chi connectivity index (χ1) is 10.3. The van der Waals surface area contributed by atoms with Gasteiger partial charge >= 0.3 is 15.3 Å². The summed E-state index contributed by atoms with van der Waals surface area (Å²) in [6.45, 7) is 3.83. The Morgan fingerprint density at radius 2 is 1.50 bits per heavy atom. The van der Waals surface area contributed by atoms with Crippen molar-refractivity contribution in [3.63, 3.8) is 0 Å². The van der Waals surface area contributed by atoms with E-state index in [1.807, 2.05) is 4.95 Å². The zero-order valence-electron chi connectivity index (χ0n) is 13.2. The van der Waals surface area contributed by atoms with Crippen LogP contribution in [0.2, 0.25) is 0 Å². The summed E-state index contributed by atoms with van der Waals surface area (Å²) >= 11 is 0. The van der Waals surface area contributed by atoms with Gasteiger partial charge < -0.3 is 4.89 Å². The molecule has 0 radical (unpaired) electrons. The van der Waals surface area contributed by atoms with Gasteiger partial charge in [0.15, 0.2) is 0 Å². The molecule has 0 bridgehead atoms. The molecule has 0 aliphatic carbocycles. The molecule has 0 aromatic rings. The van der Waals surface area contributed by atoms with Gasteiger partial charge in [-0.3, -0.25) is 4.57 Å². The van der Waals surface area contributed by atoms with Crippen LogP contribution in [0.25, 0.3) is 0 Å². The van der Waals surface area contributed by atoms with Gasteiger partial charge in [0.05, 0.1) is 5.66 Å². The van der Waals surface area contributed by atoms with Crippen molar-refractivity contribution in [2.75, 3.05) is 0 Å². The summed E-state index contributed by atoms with van der Waals surface area (Å²) in [6, 6.07) is 0. The van der Waals surface area contributed by atoms with Crippen molar-refractivity contribution in [3.8, 4) is 0 Å². The second-order valence-corrected chi connectivity index (χ2v) is 9.09. The minimum atomic E-state index is -4.92. The normalized spacial score (nSPS) is 18.1. The highest BCUT2D eigenvalue weighted by molar-refractivity contribution is 7.68. The molecule has 0 saturated carbocycles. The van der Waals surface area contributed by atoms with E-state index in [1.165, 1.54) is 19.3 Å². The lowest BCUT2D eigenvalue weighted by molar-refractivity contribution is 0.368. The van der Waals surface area contributed by atoms with Gasteiger partial charge in [0.2, 0.25) is 0 Å². The summed E-state index contributed by atoms with van der Waals surface area (Å²) < 4.78 is 27.7. The summed E-state index contributed by atoms with van der Waals surface area (Å²) in [5.41, 5.74) is -0.761. The fraction of sp³-hybridized carbons (Fsp3) is 1.00. The molecule has 130 valence electrons. The Balaban J connectivity index is 4.40. The Morgan fingerprint density at radius 3 is 1.95 bits per heavy atom. The second-order valence-electron chi connectivity index (χ2n) is 5.27. The highest BCUT2D eigenvalue weighted by atomic mass is 31.3. The van der Waals surface area contributed by atoms with E-state index >= 15 is 0 Å². The van der Waals surface area contributed by atoms with Gasteiger partial charge in [-0.1, -0.05) is 58.8 Å². The Morgan fingerprint density at radius 1 is 0.955 bits per heavy atom. The molecule has 0 fully saturated rings. The van der Waals surface area contributed by atoms with Crippen molar-refractivity contribution in [1.82, 2.24) is 0 Å². The molecular weight excluding hydrogens is 330 g/mol. The number of hydrogen-bond donors (Lipinski definition) is 1. The molecule has 22 heavy (non-hydrogen) atoms. The first-order valence-electron chi connectivity index (χ1n) is 7.68. The lowest BCUT2D eigenvalue weighted by Gasteiger charge is -2.20. The molecule has 0 saturated heterocycles. The van der Waals surface area contributed by atoms with E-state index in [1.54, 1.807) is 6.92 Å². The molecule has 8 nitrogen and oxygen atoms in total. The number of nitroso groups, excluding NO2 is 2. The maximum Gasteiger partial charge on any atom is 0.494 e. The summed E-state index contributed by atoms with van der Waals surface area (Å²) in [6.07, 6.45) is 8.08. The minimum Gasteiger partial charge on any atom is -0.304 e. The molecule has 1 N–H and O–H groups in total. The predicted molar refractivity (Wildman–Crippen MR) is 86.8 cm³/mol. The summed E-state index contributed by atoms with van der Waals surface area (Å²) in [4.78, 5) is 34.3. The molecule has 0 aliphatic rings. The van der Waals surface area contributed by atoms with Gasteiger partial charge in [0, 0.05) is 9.89 Å². The van der Waals surface area contributed by atoms with Crippen LogP contribution in [-0.2, 0) is 13.4 Å². The monoisotopic (exact) mass is 356 g/mol. The van der Waals surface area contributed by atoms with Gasteiger partial charge in [-0.25, -0.2) is 8.88 Å². The van der Waals surface area contributed by atoms with Gasteiger partial charge in [0.1, 0.15) is 0 Å². The van der Waals surface area contributed by atoms with E-state index in [0.717, 1.165) is 25.7 Å². The van der Waals surface area contributed by atoms with Crippen molar-refractivity contribution in [3.05, 3.63) is 9.81 Å². The zero-order valence-corrected chi connectivity index (χ0v) is 15.0. The first-order valence-corrected chi connectivity index (χ1v) is 10.9. The average molecular weight is 356 g/mol. The number of unbranched alkanes of at least 4 members (excludes halogenated alkanes) is 6. The van der Waals surface area contributed by atoms with Crippen molar-refractivity contribution in [2.24, 2.45) is 9.89 Å². The van der Waals surface area contributed by atoms with Crippen LogP contribution in [0, 0.1) is 9.81 Å². The molecule has 0 heterocycles. The molecule has 3 unspecified atom stereocenters. The van der Waals surface area contributed by atoms with Crippen molar-refractivity contribution in [2.45, 2.75) is 77.3 Å². The quantitative estimate of drug-likeness (QED) is 0.240. The maximum atomic E-state index is 12.3. The lowest BCUT2D eigenvalue weighted by Crippen LogP contribution is -2.08. The van der Waals surface area contributed by atoms with E-state index in [9.17, 15) is 18.9 Å². The Kier molecular flexibility index (Phi) is 11.0. The predicted octanol–water partition coefficient (Wildman–Crippen LogP) is 5.75. The van der Waals surface area contributed by atoms with Crippen molar-refractivity contribution < 1.29 is 18.3 Å². The summed E-state index contributed by atoms with van der Waals surface area (Å²) in [5, 5.41) is 0. The molecule has 3 atom stereocenters. The average Bonchev–Trinajstić information content (AvgIpc) is 2.49.